The predicted molar refractivity (Wildman–Crippen MR) is 62.6 cm³/mol. The topological polar surface area (TPSA) is 76.0 Å². The lowest BCUT2D eigenvalue weighted by Gasteiger charge is -2.17. The Hall–Kier alpha value is -1.43. The van der Waals surface area contributed by atoms with Crippen molar-refractivity contribution in [2.45, 2.75) is 37.9 Å². The van der Waals surface area contributed by atoms with Crippen LogP contribution >= 0.6 is 0 Å². The quantitative estimate of drug-likeness (QED) is 0.751. The minimum absolute atomic E-state index is 0.212. The van der Waals surface area contributed by atoms with Crippen molar-refractivity contribution in [3.63, 3.8) is 0 Å². The fraction of sp³-hybridized carbons (Fsp3) is 0.462. The van der Waals surface area contributed by atoms with Crippen molar-refractivity contribution in [1.82, 2.24) is 0 Å². The summed E-state index contributed by atoms with van der Waals surface area (Å²) in [6.45, 7) is 1.67. The molecule has 18 heavy (non-hydrogen) atoms. The average Bonchev–Trinajstić information content (AvgIpc) is 2.64. The van der Waals surface area contributed by atoms with Crippen LogP contribution in [0.25, 0.3) is 0 Å². The van der Waals surface area contributed by atoms with Gasteiger partial charge >= 0.3 is 5.97 Å². The molecule has 0 radical (unpaired) electrons. The van der Waals surface area contributed by atoms with E-state index in [0.29, 0.717) is 0 Å². The molecule has 1 aliphatic rings. The van der Waals surface area contributed by atoms with Gasteiger partial charge in [0.15, 0.2) is 12.2 Å². The summed E-state index contributed by atoms with van der Waals surface area (Å²) in [5.41, 5.74) is 0.901. The highest BCUT2D eigenvalue weighted by atomic mass is 16.6. The average molecular weight is 252 g/mol. The largest absolute Gasteiger partial charge is 0.455 e. The third-order valence-electron chi connectivity index (χ3n) is 2.88. The molecule has 1 aromatic carbocycles. The molecule has 1 aliphatic heterocycles. The van der Waals surface area contributed by atoms with Gasteiger partial charge in [0.2, 0.25) is 0 Å². The van der Waals surface area contributed by atoms with Gasteiger partial charge in [-0.2, -0.15) is 0 Å². The van der Waals surface area contributed by atoms with Crippen LogP contribution in [0.2, 0.25) is 0 Å². The summed E-state index contributed by atoms with van der Waals surface area (Å²) >= 11 is 0. The van der Waals surface area contributed by atoms with Crippen molar-refractivity contribution in [3.05, 3.63) is 35.9 Å². The minimum atomic E-state index is -1.14. The zero-order valence-electron chi connectivity index (χ0n) is 10.0. The third-order valence-corrected chi connectivity index (χ3v) is 2.88. The summed E-state index contributed by atoms with van der Waals surface area (Å²) in [5, 5.41) is 19.2. The first-order valence-corrected chi connectivity index (χ1v) is 5.81. The van der Waals surface area contributed by atoms with Gasteiger partial charge in [0.1, 0.15) is 6.10 Å². The van der Waals surface area contributed by atoms with Gasteiger partial charge < -0.3 is 19.7 Å². The number of cyclic esters (lactones) is 1. The molecule has 4 atom stereocenters. The molecule has 98 valence electrons. The maximum Gasteiger partial charge on any atom is 0.338 e. The van der Waals surface area contributed by atoms with Gasteiger partial charge in [-0.1, -0.05) is 30.3 Å². The Morgan fingerprint density at radius 1 is 1.39 bits per heavy atom. The Labute approximate surface area is 105 Å². The summed E-state index contributed by atoms with van der Waals surface area (Å²) in [4.78, 5) is 11.5. The normalized spacial score (nSPS) is 29.1. The molecule has 0 amide bonds. The summed E-state index contributed by atoms with van der Waals surface area (Å²) < 4.78 is 10.2. The summed E-state index contributed by atoms with van der Waals surface area (Å²) in [7, 11) is 0. The fourth-order valence-corrected chi connectivity index (χ4v) is 1.89. The van der Waals surface area contributed by atoms with E-state index in [2.05, 4.69) is 0 Å². The second kappa shape index (κ2) is 5.48. The molecule has 0 saturated carbocycles. The van der Waals surface area contributed by atoms with Crippen molar-refractivity contribution in [2.24, 2.45) is 0 Å². The number of ether oxygens (including phenoxy) is 2. The summed E-state index contributed by atoms with van der Waals surface area (Å²) in [6, 6.07) is 9.32. The minimum Gasteiger partial charge on any atom is -0.455 e. The molecule has 2 rings (SSSR count). The van der Waals surface area contributed by atoms with E-state index in [1.807, 2.05) is 30.3 Å². The number of hydrogen-bond acceptors (Lipinski definition) is 5. The molecule has 1 aromatic rings. The molecule has 0 spiro atoms. The first-order valence-electron chi connectivity index (χ1n) is 5.81. The Balaban J connectivity index is 1.95. The van der Waals surface area contributed by atoms with Crippen LogP contribution in [0, 0.1) is 0 Å². The molecule has 2 N–H and O–H groups in total. The van der Waals surface area contributed by atoms with Crippen LogP contribution in [0.4, 0.5) is 0 Å². The van der Waals surface area contributed by atoms with Crippen LogP contribution in [0.3, 0.4) is 0 Å². The van der Waals surface area contributed by atoms with Gasteiger partial charge in [0.25, 0.3) is 0 Å². The second-order valence-electron chi connectivity index (χ2n) is 4.35. The second-order valence-corrected chi connectivity index (χ2v) is 4.35. The van der Waals surface area contributed by atoms with Gasteiger partial charge in [-0.05, 0) is 12.5 Å². The standard InChI is InChI=1S/C13H16O5/c1-8(14)11-10(15)12(13(16)18-11)17-7-9-5-3-2-4-6-9/h2-6,8,10-12,14-15H,7H2,1H3/t8-,10-,11+,12-/m1/s1. The highest BCUT2D eigenvalue weighted by Gasteiger charge is 2.46. The Kier molecular flexibility index (Phi) is 3.96. The maximum atomic E-state index is 11.5. The molecule has 0 aromatic heterocycles. The van der Waals surface area contributed by atoms with Crippen LogP contribution in [0.15, 0.2) is 30.3 Å². The maximum absolute atomic E-state index is 11.5. The van der Waals surface area contributed by atoms with E-state index < -0.39 is 30.4 Å². The van der Waals surface area contributed by atoms with Gasteiger partial charge in [-0.3, -0.25) is 0 Å². The van der Waals surface area contributed by atoms with Gasteiger partial charge in [-0.15, -0.1) is 0 Å². The number of hydrogen-bond donors (Lipinski definition) is 2. The van der Waals surface area contributed by atoms with Crippen LogP contribution in [-0.4, -0.2) is 40.6 Å². The smallest absolute Gasteiger partial charge is 0.338 e. The highest BCUT2D eigenvalue weighted by Crippen LogP contribution is 2.22. The first kappa shape index (κ1) is 13.0. The number of carbonyl (C=O) groups excluding carboxylic acids is 1. The molecule has 1 heterocycles. The lowest BCUT2D eigenvalue weighted by atomic mass is 10.1. The molecule has 0 bridgehead atoms. The van der Waals surface area contributed by atoms with Crippen molar-refractivity contribution in [3.8, 4) is 0 Å². The zero-order chi connectivity index (χ0) is 13.1. The molecule has 0 unspecified atom stereocenters. The molecule has 1 saturated heterocycles. The van der Waals surface area contributed by atoms with Crippen molar-refractivity contribution in [2.75, 3.05) is 0 Å². The Bertz CT molecular complexity index is 403. The number of rotatable bonds is 4. The van der Waals surface area contributed by atoms with E-state index in [1.54, 1.807) is 0 Å². The number of carbonyl (C=O) groups is 1. The first-order chi connectivity index (χ1) is 8.59. The summed E-state index contributed by atoms with van der Waals surface area (Å²) in [6.07, 6.45) is -4.02. The number of aliphatic hydroxyl groups excluding tert-OH is 2. The molecule has 5 nitrogen and oxygen atoms in total. The van der Waals surface area contributed by atoms with Crippen LogP contribution in [0.1, 0.15) is 12.5 Å². The van der Waals surface area contributed by atoms with E-state index in [9.17, 15) is 15.0 Å². The lowest BCUT2D eigenvalue weighted by molar-refractivity contribution is -0.152. The molecule has 0 aliphatic carbocycles. The van der Waals surface area contributed by atoms with Gasteiger partial charge in [-0.25, -0.2) is 4.79 Å². The van der Waals surface area contributed by atoms with Crippen molar-refractivity contribution in [1.29, 1.82) is 0 Å². The monoisotopic (exact) mass is 252 g/mol. The van der Waals surface area contributed by atoms with Crippen molar-refractivity contribution < 1.29 is 24.5 Å². The molecular weight excluding hydrogens is 236 g/mol. The predicted octanol–water partition coefficient (Wildman–Crippen LogP) is 0.239. The van der Waals surface area contributed by atoms with E-state index in [4.69, 9.17) is 9.47 Å². The van der Waals surface area contributed by atoms with Crippen LogP contribution in [0.5, 0.6) is 0 Å². The van der Waals surface area contributed by atoms with Crippen molar-refractivity contribution >= 4 is 5.97 Å². The number of benzene rings is 1. The number of esters is 1. The SMILES string of the molecule is C[C@@H](O)[C@@H]1OC(=O)[C@H](OCc2ccccc2)[C@@H]1O. The summed E-state index contributed by atoms with van der Waals surface area (Å²) in [5.74, 6) is -0.635. The Morgan fingerprint density at radius 2 is 2.06 bits per heavy atom. The van der Waals surface area contributed by atoms with E-state index in [1.165, 1.54) is 6.92 Å². The van der Waals surface area contributed by atoms with Gasteiger partial charge in [0.05, 0.1) is 12.7 Å². The number of aliphatic hydroxyl groups is 2. The molecule has 5 heteroatoms. The molecule has 1 fully saturated rings. The van der Waals surface area contributed by atoms with E-state index in [0.717, 1.165) is 5.56 Å². The van der Waals surface area contributed by atoms with Gasteiger partial charge in [0, 0.05) is 0 Å². The Morgan fingerprint density at radius 3 is 2.61 bits per heavy atom. The molecular formula is C13H16O5. The zero-order valence-corrected chi connectivity index (χ0v) is 10.0. The van der Waals surface area contributed by atoms with Crippen LogP contribution in [-0.2, 0) is 20.9 Å². The highest BCUT2D eigenvalue weighted by molar-refractivity contribution is 5.78. The van der Waals surface area contributed by atoms with E-state index >= 15 is 0 Å². The fourth-order valence-electron chi connectivity index (χ4n) is 1.89. The van der Waals surface area contributed by atoms with Crippen LogP contribution < -0.4 is 0 Å². The third kappa shape index (κ3) is 2.69. The lowest BCUT2D eigenvalue weighted by Crippen LogP contribution is -2.38. The van der Waals surface area contributed by atoms with E-state index in [-0.39, 0.29) is 6.61 Å².